The van der Waals surface area contributed by atoms with Crippen LogP contribution in [0.4, 0.5) is 4.39 Å². The molecule has 3 heterocycles. The van der Waals surface area contributed by atoms with E-state index in [1.807, 2.05) is 12.1 Å². The number of nitrogens with zero attached hydrogens (tertiary/aromatic N) is 4. The predicted octanol–water partition coefficient (Wildman–Crippen LogP) is 3.47. The van der Waals surface area contributed by atoms with Gasteiger partial charge in [0.05, 0.1) is 5.75 Å². The summed E-state index contributed by atoms with van der Waals surface area (Å²) in [7, 11) is -3.31. The third-order valence-corrected chi connectivity index (χ3v) is 8.09. The molecule has 0 radical (unpaired) electrons. The van der Waals surface area contributed by atoms with Gasteiger partial charge in [-0.1, -0.05) is 24.6 Å². The molecule has 0 N–H and O–H groups in total. The van der Waals surface area contributed by atoms with Crippen molar-refractivity contribution in [2.75, 3.05) is 25.4 Å². The molecular formula is C21H29FN4O3S. The topological polar surface area (TPSA) is 79.5 Å². The highest BCUT2D eigenvalue weighted by Gasteiger charge is 2.36. The largest absolute Gasteiger partial charge is 0.423 e. The van der Waals surface area contributed by atoms with Crippen LogP contribution in [0.15, 0.2) is 28.7 Å². The summed E-state index contributed by atoms with van der Waals surface area (Å²) in [6.07, 6.45) is 4.24. The summed E-state index contributed by atoms with van der Waals surface area (Å²) in [5.41, 5.74) is 0.713. The van der Waals surface area contributed by atoms with E-state index in [9.17, 15) is 12.8 Å². The highest BCUT2D eigenvalue weighted by Crippen LogP contribution is 2.35. The van der Waals surface area contributed by atoms with Gasteiger partial charge in [0.25, 0.3) is 0 Å². The van der Waals surface area contributed by atoms with Gasteiger partial charge in [-0.25, -0.2) is 12.8 Å². The molecule has 0 aliphatic carbocycles. The molecule has 0 saturated carbocycles. The van der Waals surface area contributed by atoms with Crippen LogP contribution in [0.2, 0.25) is 0 Å². The molecule has 4 rings (SSSR count). The highest BCUT2D eigenvalue weighted by molar-refractivity contribution is 7.89. The van der Waals surface area contributed by atoms with E-state index < -0.39 is 10.0 Å². The van der Waals surface area contributed by atoms with E-state index in [0.717, 1.165) is 38.8 Å². The second-order valence-electron chi connectivity index (χ2n) is 8.14. The standard InChI is InChI=1S/C21H29FN4O3S/c1-2-30(27,28)26-12-6-5-9-19(26)21-24-23-20(29-21)16-10-13-25(14-11-16)15-17-7-3-4-8-18(17)22/h3-4,7-8,16,19H,2,5-6,9-15H2,1H3. The molecule has 30 heavy (non-hydrogen) atoms. The van der Waals surface area contributed by atoms with Gasteiger partial charge < -0.3 is 4.42 Å². The minimum Gasteiger partial charge on any atom is -0.423 e. The Labute approximate surface area is 177 Å². The Kier molecular flexibility index (Phi) is 6.50. The molecule has 2 saturated heterocycles. The lowest BCUT2D eigenvalue weighted by atomic mass is 9.96. The zero-order valence-corrected chi connectivity index (χ0v) is 18.2. The third-order valence-electron chi connectivity index (χ3n) is 6.21. The lowest BCUT2D eigenvalue weighted by Crippen LogP contribution is -2.39. The van der Waals surface area contributed by atoms with Crippen LogP contribution in [-0.4, -0.2) is 53.2 Å². The smallest absolute Gasteiger partial charge is 0.234 e. The molecule has 9 heteroatoms. The molecule has 1 aromatic carbocycles. The fourth-order valence-corrected chi connectivity index (χ4v) is 5.72. The van der Waals surface area contributed by atoms with Gasteiger partial charge in [0.1, 0.15) is 11.9 Å². The summed E-state index contributed by atoms with van der Waals surface area (Å²) in [5.74, 6) is 1.07. The zero-order chi connectivity index (χ0) is 21.1. The van der Waals surface area contributed by atoms with Crippen LogP contribution in [0, 0.1) is 5.82 Å². The average molecular weight is 437 g/mol. The lowest BCUT2D eigenvalue weighted by Gasteiger charge is -2.32. The molecule has 7 nitrogen and oxygen atoms in total. The summed E-state index contributed by atoms with van der Waals surface area (Å²) < 4.78 is 46.4. The van der Waals surface area contributed by atoms with Gasteiger partial charge in [-0.05, 0) is 51.8 Å². The van der Waals surface area contributed by atoms with Crippen LogP contribution >= 0.6 is 0 Å². The summed E-state index contributed by atoms with van der Waals surface area (Å²) in [6, 6.07) is 6.53. The van der Waals surface area contributed by atoms with Crippen molar-refractivity contribution in [1.82, 2.24) is 19.4 Å². The molecule has 1 unspecified atom stereocenters. The van der Waals surface area contributed by atoms with Crippen molar-refractivity contribution in [3.05, 3.63) is 47.4 Å². The second-order valence-corrected chi connectivity index (χ2v) is 10.4. The van der Waals surface area contributed by atoms with Crippen molar-refractivity contribution >= 4 is 10.0 Å². The minimum absolute atomic E-state index is 0.0744. The van der Waals surface area contributed by atoms with E-state index in [4.69, 9.17) is 4.42 Å². The van der Waals surface area contributed by atoms with Crippen LogP contribution < -0.4 is 0 Å². The Morgan fingerprint density at radius 2 is 1.80 bits per heavy atom. The number of benzene rings is 1. The zero-order valence-electron chi connectivity index (χ0n) is 17.3. The fraction of sp³-hybridized carbons (Fsp3) is 0.619. The van der Waals surface area contributed by atoms with Crippen LogP contribution in [-0.2, 0) is 16.6 Å². The number of likely N-dealkylation sites (tertiary alicyclic amines) is 1. The van der Waals surface area contributed by atoms with Crippen LogP contribution in [0.1, 0.15) is 68.3 Å². The lowest BCUT2D eigenvalue weighted by molar-refractivity contribution is 0.182. The maximum atomic E-state index is 13.9. The van der Waals surface area contributed by atoms with Gasteiger partial charge in [0, 0.05) is 24.6 Å². The molecule has 1 atom stereocenters. The average Bonchev–Trinajstić information content (AvgIpc) is 3.26. The highest BCUT2D eigenvalue weighted by atomic mass is 32.2. The van der Waals surface area contributed by atoms with E-state index in [2.05, 4.69) is 15.1 Å². The van der Waals surface area contributed by atoms with Crippen molar-refractivity contribution in [3.63, 3.8) is 0 Å². The van der Waals surface area contributed by atoms with Crippen molar-refractivity contribution < 1.29 is 17.2 Å². The quantitative estimate of drug-likeness (QED) is 0.690. The summed E-state index contributed by atoms with van der Waals surface area (Å²) >= 11 is 0. The maximum Gasteiger partial charge on any atom is 0.234 e. The molecule has 2 aromatic rings. The summed E-state index contributed by atoms with van der Waals surface area (Å²) in [4.78, 5) is 2.24. The van der Waals surface area contributed by atoms with Gasteiger partial charge in [0.2, 0.25) is 21.8 Å². The molecule has 2 fully saturated rings. The molecule has 2 aliphatic heterocycles. The van der Waals surface area contributed by atoms with Gasteiger partial charge in [-0.15, -0.1) is 10.2 Å². The van der Waals surface area contributed by atoms with Crippen molar-refractivity contribution in [3.8, 4) is 0 Å². The Bertz CT molecular complexity index is 957. The number of sulfonamides is 1. The molecule has 0 bridgehead atoms. The fourth-order valence-electron chi connectivity index (χ4n) is 4.40. The van der Waals surface area contributed by atoms with Crippen molar-refractivity contribution in [2.45, 2.75) is 57.5 Å². The number of hydrogen-bond donors (Lipinski definition) is 0. The first-order valence-corrected chi connectivity index (χ1v) is 12.4. The maximum absolute atomic E-state index is 13.9. The van der Waals surface area contributed by atoms with E-state index in [1.54, 1.807) is 13.0 Å². The van der Waals surface area contributed by atoms with E-state index in [1.165, 1.54) is 10.4 Å². The van der Waals surface area contributed by atoms with Gasteiger partial charge in [-0.3, -0.25) is 4.90 Å². The van der Waals surface area contributed by atoms with Crippen LogP contribution in [0.5, 0.6) is 0 Å². The van der Waals surface area contributed by atoms with Crippen molar-refractivity contribution in [1.29, 1.82) is 0 Å². The Morgan fingerprint density at radius 3 is 2.53 bits per heavy atom. The van der Waals surface area contributed by atoms with Crippen molar-refractivity contribution in [2.24, 2.45) is 0 Å². The normalized spacial score (nSPS) is 22.4. The Balaban J connectivity index is 1.39. The first-order chi connectivity index (χ1) is 14.5. The molecule has 1 aromatic heterocycles. The van der Waals surface area contributed by atoms with Gasteiger partial charge >= 0.3 is 0 Å². The molecule has 2 aliphatic rings. The van der Waals surface area contributed by atoms with Crippen LogP contribution in [0.3, 0.4) is 0 Å². The summed E-state index contributed by atoms with van der Waals surface area (Å²) in [5, 5.41) is 8.49. The number of piperidine rings is 2. The van der Waals surface area contributed by atoms with Crippen LogP contribution in [0.25, 0.3) is 0 Å². The summed E-state index contributed by atoms with van der Waals surface area (Å²) in [6.45, 7) is 4.43. The minimum atomic E-state index is -3.31. The Hall–Kier alpha value is -1.84. The second kappa shape index (κ2) is 9.11. The first kappa shape index (κ1) is 21.4. The van der Waals surface area contributed by atoms with E-state index in [-0.39, 0.29) is 23.5 Å². The van der Waals surface area contributed by atoms with Gasteiger partial charge in [-0.2, -0.15) is 4.31 Å². The molecule has 164 valence electrons. The third kappa shape index (κ3) is 4.58. The molecule has 0 spiro atoms. The number of rotatable bonds is 6. The monoisotopic (exact) mass is 436 g/mol. The van der Waals surface area contributed by atoms with E-state index >= 15 is 0 Å². The Morgan fingerprint density at radius 1 is 1.07 bits per heavy atom. The number of halogens is 1. The predicted molar refractivity (Wildman–Crippen MR) is 111 cm³/mol. The van der Waals surface area contributed by atoms with E-state index in [0.29, 0.717) is 36.9 Å². The first-order valence-electron chi connectivity index (χ1n) is 10.8. The molecule has 0 amide bonds. The molecular weight excluding hydrogens is 407 g/mol. The SMILES string of the molecule is CCS(=O)(=O)N1CCCCC1c1nnc(C2CCN(Cc3ccccc3F)CC2)o1. The number of aromatic nitrogens is 2. The number of hydrogen-bond acceptors (Lipinski definition) is 6. The van der Waals surface area contributed by atoms with Gasteiger partial charge in [0.15, 0.2) is 0 Å².